The van der Waals surface area contributed by atoms with E-state index in [1.807, 2.05) is 0 Å². The van der Waals surface area contributed by atoms with Crippen molar-refractivity contribution >= 4 is 0 Å². The van der Waals surface area contributed by atoms with Crippen molar-refractivity contribution in [3.63, 3.8) is 0 Å². The summed E-state index contributed by atoms with van der Waals surface area (Å²) in [5, 5.41) is 0. The van der Waals surface area contributed by atoms with Crippen molar-refractivity contribution in [2.75, 3.05) is 0 Å². The predicted octanol–water partition coefficient (Wildman–Crippen LogP) is 6.46. The molecule has 0 spiro atoms. The average Bonchev–Trinajstić information content (AvgIpc) is 3.06. The van der Waals surface area contributed by atoms with E-state index < -0.39 is 0 Å². The van der Waals surface area contributed by atoms with Gasteiger partial charge in [-0.05, 0) is 40.9 Å². The summed E-state index contributed by atoms with van der Waals surface area (Å²) < 4.78 is 6.27. The van der Waals surface area contributed by atoms with E-state index in [9.17, 15) is 0 Å². The van der Waals surface area contributed by atoms with Gasteiger partial charge in [0.05, 0.1) is 12.2 Å². The molecule has 3 atom stereocenters. The lowest BCUT2D eigenvalue weighted by Crippen LogP contribution is -2.35. The average molecular weight is 297 g/mol. The lowest BCUT2D eigenvalue weighted by molar-refractivity contribution is 0.133. The van der Waals surface area contributed by atoms with Crippen LogP contribution in [-0.4, -0.2) is 12.2 Å². The van der Waals surface area contributed by atoms with E-state index in [1.54, 1.807) is 0 Å². The molecule has 1 heterocycles. The van der Waals surface area contributed by atoms with Crippen LogP contribution in [0.2, 0.25) is 0 Å². The van der Waals surface area contributed by atoms with E-state index in [2.05, 4.69) is 69.2 Å². The van der Waals surface area contributed by atoms with Gasteiger partial charge in [0.15, 0.2) is 0 Å². The van der Waals surface area contributed by atoms with Crippen molar-refractivity contribution in [2.45, 2.75) is 107 Å². The Labute approximate surface area is 134 Å². The van der Waals surface area contributed by atoms with E-state index in [1.165, 1.54) is 25.7 Å². The largest absolute Gasteiger partial charge is 0.368 e. The Morgan fingerprint density at radius 2 is 1.24 bits per heavy atom. The molecule has 1 nitrogen and oxygen atoms in total. The topological polar surface area (TPSA) is 12.5 Å². The predicted molar refractivity (Wildman–Crippen MR) is 93.6 cm³/mol. The van der Waals surface area contributed by atoms with Gasteiger partial charge in [0.25, 0.3) is 0 Å². The molecule has 1 saturated heterocycles. The zero-order chi connectivity index (χ0) is 16.7. The van der Waals surface area contributed by atoms with Crippen LogP contribution in [0.1, 0.15) is 94.9 Å². The number of epoxide rings is 1. The van der Waals surface area contributed by atoms with Crippen LogP contribution in [0.5, 0.6) is 0 Å². The van der Waals surface area contributed by atoms with Crippen molar-refractivity contribution in [1.82, 2.24) is 0 Å². The Hall–Kier alpha value is -0.0400. The molecule has 126 valence electrons. The number of hydrogen-bond donors (Lipinski definition) is 0. The lowest BCUT2D eigenvalue weighted by Gasteiger charge is -2.37. The molecule has 0 amide bonds. The van der Waals surface area contributed by atoms with Gasteiger partial charge in [-0.3, -0.25) is 0 Å². The van der Waals surface area contributed by atoms with Gasteiger partial charge in [-0.1, -0.05) is 75.7 Å². The standard InChI is InChI=1S/C20H40O/c1-11-18(6,7)14-19(8,9)15-16(21-15)20(10,12-2)13-17(3,4)5/h15-16H,11-14H2,1-10H3. The molecule has 1 rings (SSSR count). The van der Waals surface area contributed by atoms with Crippen molar-refractivity contribution in [3.8, 4) is 0 Å². The SMILES string of the molecule is CCC(C)(C)CC(C)(C)C1OC1C(C)(CC)CC(C)(C)C. The second kappa shape index (κ2) is 5.87. The van der Waals surface area contributed by atoms with Crippen LogP contribution in [0, 0.1) is 21.7 Å². The van der Waals surface area contributed by atoms with Crippen molar-refractivity contribution in [3.05, 3.63) is 0 Å². The highest BCUT2D eigenvalue weighted by molar-refractivity contribution is 5.05. The molecule has 1 heteroatoms. The second-order valence-electron chi connectivity index (χ2n) is 10.4. The third-order valence-corrected chi connectivity index (χ3v) is 5.58. The Bertz CT molecular complexity index is 347. The minimum Gasteiger partial charge on any atom is -0.368 e. The molecular formula is C20H40O. The molecule has 0 aromatic heterocycles. The first kappa shape index (κ1) is 19.0. The molecule has 0 aromatic rings. The smallest absolute Gasteiger partial charge is 0.0900 e. The van der Waals surface area contributed by atoms with Gasteiger partial charge in [-0.2, -0.15) is 0 Å². The van der Waals surface area contributed by atoms with Crippen LogP contribution < -0.4 is 0 Å². The number of ether oxygens (including phenoxy) is 1. The van der Waals surface area contributed by atoms with E-state index in [-0.39, 0.29) is 5.41 Å². The molecule has 21 heavy (non-hydrogen) atoms. The minimum absolute atomic E-state index is 0.276. The minimum atomic E-state index is 0.276. The Kier molecular flexibility index (Phi) is 5.31. The highest BCUT2D eigenvalue weighted by atomic mass is 16.6. The summed E-state index contributed by atoms with van der Waals surface area (Å²) in [6, 6.07) is 0. The van der Waals surface area contributed by atoms with Gasteiger partial charge in [0, 0.05) is 0 Å². The Balaban J connectivity index is 2.78. The van der Waals surface area contributed by atoms with Crippen LogP contribution >= 0.6 is 0 Å². The molecule has 3 unspecified atom stereocenters. The molecule has 1 aliphatic heterocycles. The molecule has 0 radical (unpaired) electrons. The quantitative estimate of drug-likeness (QED) is 0.491. The van der Waals surface area contributed by atoms with Crippen LogP contribution in [-0.2, 0) is 4.74 Å². The first-order valence-electron chi connectivity index (χ1n) is 8.92. The molecule has 0 aliphatic carbocycles. The van der Waals surface area contributed by atoms with Crippen LogP contribution in [0.25, 0.3) is 0 Å². The van der Waals surface area contributed by atoms with Gasteiger partial charge >= 0.3 is 0 Å². The molecular weight excluding hydrogens is 256 g/mol. The summed E-state index contributed by atoms with van der Waals surface area (Å²) in [4.78, 5) is 0. The summed E-state index contributed by atoms with van der Waals surface area (Å²) in [5.41, 5.74) is 1.37. The normalized spacial score (nSPS) is 26.6. The van der Waals surface area contributed by atoms with E-state index in [0.717, 1.165) is 0 Å². The molecule has 0 bridgehead atoms. The monoisotopic (exact) mass is 296 g/mol. The third kappa shape index (κ3) is 4.98. The Morgan fingerprint density at radius 1 is 0.714 bits per heavy atom. The summed E-state index contributed by atoms with van der Waals surface area (Å²) in [7, 11) is 0. The summed E-state index contributed by atoms with van der Waals surface area (Å²) >= 11 is 0. The molecule has 1 fully saturated rings. The zero-order valence-corrected chi connectivity index (χ0v) is 16.4. The van der Waals surface area contributed by atoms with Crippen LogP contribution in [0.15, 0.2) is 0 Å². The van der Waals surface area contributed by atoms with Gasteiger partial charge in [0.1, 0.15) is 0 Å². The fourth-order valence-electron chi connectivity index (χ4n) is 4.33. The van der Waals surface area contributed by atoms with Crippen molar-refractivity contribution in [2.24, 2.45) is 21.7 Å². The maximum Gasteiger partial charge on any atom is 0.0900 e. The molecule has 0 aromatic carbocycles. The van der Waals surface area contributed by atoms with Crippen molar-refractivity contribution < 1.29 is 4.74 Å². The highest BCUT2D eigenvalue weighted by Crippen LogP contribution is 2.55. The van der Waals surface area contributed by atoms with Gasteiger partial charge < -0.3 is 4.74 Å². The highest BCUT2D eigenvalue weighted by Gasteiger charge is 2.58. The fraction of sp³-hybridized carbons (Fsp3) is 1.00. The fourth-order valence-corrected chi connectivity index (χ4v) is 4.33. The van der Waals surface area contributed by atoms with Gasteiger partial charge in [0.2, 0.25) is 0 Å². The van der Waals surface area contributed by atoms with Gasteiger partial charge in [-0.25, -0.2) is 0 Å². The number of rotatable bonds is 7. The summed E-state index contributed by atoms with van der Waals surface area (Å²) in [6.07, 6.45) is 5.82. The van der Waals surface area contributed by atoms with E-state index in [4.69, 9.17) is 4.74 Å². The van der Waals surface area contributed by atoms with Crippen LogP contribution in [0.3, 0.4) is 0 Å². The van der Waals surface area contributed by atoms with E-state index >= 15 is 0 Å². The summed E-state index contributed by atoms with van der Waals surface area (Å²) in [5.74, 6) is 0. The number of hydrogen-bond acceptors (Lipinski definition) is 1. The van der Waals surface area contributed by atoms with Crippen molar-refractivity contribution in [1.29, 1.82) is 0 Å². The maximum absolute atomic E-state index is 6.27. The summed E-state index contributed by atoms with van der Waals surface area (Å²) in [6.45, 7) is 23.7. The molecule has 0 saturated carbocycles. The first-order chi connectivity index (χ1) is 9.26. The van der Waals surface area contributed by atoms with Crippen LogP contribution in [0.4, 0.5) is 0 Å². The van der Waals surface area contributed by atoms with E-state index in [0.29, 0.717) is 28.5 Å². The molecule has 1 aliphatic rings. The van der Waals surface area contributed by atoms with Gasteiger partial charge in [-0.15, -0.1) is 0 Å². The first-order valence-corrected chi connectivity index (χ1v) is 8.92. The second-order valence-corrected chi connectivity index (χ2v) is 10.4. The maximum atomic E-state index is 6.27. The Morgan fingerprint density at radius 3 is 1.62 bits per heavy atom. The molecule has 0 N–H and O–H groups in total. The lowest BCUT2D eigenvalue weighted by atomic mass is 9.66. The third-order valence-electron chi connectivity index (χ3n) is 5.58. The zero-order valence-electron chi connectivity index (χ0n) is 16.4.